The summed E-state index contributed by atoms with van der Waals surface area (Å²) in [6.45, 7) is 2.90. The van der Waals surface area contributed by atoms with E-state index < -0.39 is 0 Å². The number of carbonyl (C=O) groups excluding carboxylic acids is 1. The quantitative estimate of drug-likeness (QED) is 0.669. The lowest BCUT2D eigenvalue weighted by molar-refractivity contribution is -0.384. The molecule has 0 radical (unpaired) electrons. The number of aryl methyl sites for hydroxylation is 1. The zero-order valence-electron chi connectivity index (χ0n) is 12.5. The summed E-state index contributed by atoms with van der Waals surface area (Å²) in [7, 11) is 0. The lowest BCUT2D eigenvalue weighted by Crippen LogP contribution is -2.34. The maximum Gasteiger partial charge on any atom is 0.292 e. The number of nitrogens with zero attached hydrogens (tertiary/aromatic N) is 2. The fourth-order valence-electron chi connectivity index (χ4n) is 3.03. The standard InChI is InChI=1S/C15H19N3O3S/c1-10-4-6-22-7-5-17(10)13-9-12-11(2-3-15(19)16-12)8-14(13)18(20)21/h8-10H,2-7H2,1H3,(H,16,19). The van der Waals surface area contributed by atoms with Crippen molar-refractivity contribution in [1.29, 1.82) is 0 Å². The van der Waals surface area contributed by atoms with Gasteiger partial charge in [-0.1, -0.05) is 0 Å². The summed E-state index contributed by atoms with van der Waals surface area (Å²) in [6, 6.07) is 3.68. The highest BCUT2D eigenvalue weighted by Gasteiger charge is 2.28. The number of thioether (sulfide) groups is 1. The molecule has 0 aromatic heterocycles. The Balaban J connectivity index is 2.06. The van der Waals surface area contributed by atoms with Crippen LogP contribution in [0.4, 0.5) is 17.1 Å². The topological polar surface area (TPSA) is 75.5 Å². The highest BCUT2D eigenvalue weighted by Crippen LogP contribution is 2.38. The molecule has 1 fully saturated rings. The van der Waals surface area contributed by atoms with Crippen LogP contribution in [0.15, 0.2) is 12.1 Å². The van der Waals surface area contributed by atoms with Crippen LogP contribution in [0.1, 0.15) is 25.3 Å². The monoisotopic (exact) mass is 321 g/mol. The molecule has 1 aromatic rings. The molecule has 1 saturated heterocycles. The first kappa shape index (κ1) is 15.1. The maximum atomic E-state index is 11.6. The van der Waals surface area contributed by atoms with Crippen molar-refractivity contribution in [2.45, 2.75) is 32.2 Å². The van der Waals surface area contributed by atoms with Crippen LogP contribution in [-0.2, 0) is 11.2 Å². The molecule has 6 nitrogen and oxygen atoms in total. The van der Waals surface area contributed by atoms with Gasteiger partial charge in [0, 0.05) is 36.5 Å². The number of hydrogen-bond acceptors (Lipinski definition) is 5. The predicted molar refractivity (Wildman–Crippen MR) is 88.8 cm³/mol. The van der Waals surface area contributed by atoms with E-state index in [0.29, 0.717) is 18.5 Å². The average molecular weight is 321 g/mol. The number of benzene rings is 1. The molecular weight excluding hydrogens is 302 g/mol. The summed E-state index contributed by atoms with van der Waals surface area (Å²) in [5.74, 6) is 2.02. The van der Waals surface area contributed by atoms with Gasteiger partial charge in [-0.15, -0.1) is 0 Å². The van der Waals surface area contributed by atoms with Gasteiger partial charge in [0.2, 0.25) is 5.91 Å². The van der Waals surface area contributed by atoms with Crippen molar-refractivity contribution < 1.29 is 9.72 Å². The lowest BCUT2D eigenvalue weighted by atomic mass is 10.0. The smallest absolute Gasteiger partial charge is 0.292 e. The van der Waals surface area contributed by atoms with Gasteiger partial charge in [-0.25, -0.2) is 0 Å². The Labute approximate surface area is 133 Å². The Bertz CT molecular complexity index is 620. The Morgan fingerprint density at radius 2 is 2.18 bits per heavy atom. The van der Waals surface area contributed by atoms with Crippen LogP contribution in [0, 0.1) is 10.1 Å². The molecule has 3 rings (SSSR count). The summed E-state index contributed by atoms with van der Waals surface area (Å²) in [5.41, 5.74) is 2.35. The molecule has 1 unspecified atom stereocenters. The van der Waals surface area contributed by atoms with Crippen molar-refractivity contribution in [1.82, 2.24) is 0 Å². The van der Waals surface area contributed by atoms with Crippen LogP contribution < -0.4 is 10.2 Å². The van der Waals surface area contributed by atoms with Crippen LogP contribution in [0.25, 0.3) is 0 Å². The first-order valence-electron chi connectivity index (χ1n) is 7.52. The van der Waals surface area contributed by atoms with Crippen molar-refractivity contribution in [2.24, 2.45) is 0 Å². The molecule has 0 spiro atoms. The van der Waals surface area contributed by atoms with Gasteiger partial charge in [-0.3, -0.25) is 14.9 Å². The fraction of sp³-hybridized carbons (Fsp3) is 0.533. The molecule has 7 heteroatoms. The van der Waals surface area contributed by atoms with E-state index in [2.05, 4.69) is 17.1 Å². The van der Waals surface area contributed by atoms with Gasteiger partial charge in [0.05, 0.1) is 4.92 Å². The molecule has 0 aliphatic carbocycles. The minimum atomic E-state index is -0.309. The molecular formula is C15H19N3O3S. The molecule has 1 amide bonds. The third kappa shape index (κ3) is 2.90. The van der Waals surface area contributed by atoms with Crippen LogP contribution in [0.3, 0.4) is 0 Å². The van der Waals surface area contributed by atoms with E-state index in [9.17, 15) is 14.9 Å². The van der Waals surface area contributed by atoms with E-state index in [-0.39, 0.29) is 22.6 Å². The first-order chi connectivity index (χ1) is 10.6. The van der Waals surface area contributed by atoms with Crippen LogP contribution in [-0.4, -0.2) is 34.9 Å². The number of fused-ring (bicyclic) bond motifs is 1. The molecule has 2 aliphatic heterocycles. The zero-order chi connectivity index (χ0) is 15.7. The van der Waals surface area contributed by atoms with Crippen molar-refractivity contribution in [3.63, 3.8) is 0 Å². The minimum absolute atomic E-state index is 0.0215. The van der Waals surface area contributed by atoms with E-state index in [0.717, 1.165) is 35.7 Å². The molecule has 1 N–H and O–H groups in total. The molecule has 2 heterocycles. The van der Waals surface area contributed by atoms with Crippen molar-refractivity contribution in [3.8, 4) is 0 Å². The largest absolute Gasteiger partial charge is 0.362 e. The van der Waals surface area contributed by atoms with E-state index in [1.807, 2.05) is 11.8 Å². The van der Waals surface area contributed by atoms with E-state index >= 15 is 0 Å². The molecule has 0 bridgehead atoms. The molecule has 1 atom stereocenters. The van der Waals surface area contributed by atoms with Gasteiger partial charge < -0.3 is 10.2 Å². The number of nitrogens with one attached hydrogen (secondary N) is 1. The molecule has 2 aliphatic rings. The maximum absolute atomic E-state index is 11.6. The zero-order valence-corrected chi connectivity index (χ0v) is 13.3. The molecule has 22 heavy (non-hydrogen) atoms. The third-order valence-electron chi connectivity index (χ3n) is 4.29. The first-order valence-corrected chi connectivity index (χ1v) is 8.67. The summed E-state index contributed by atoms with van der Waals surface area (Å²) in [4.78, 5) is 24.9. The number of hydrogen-bond donors (Lipinski definition) is 1. The summed E-state index contributed by atoms with van der Waals surface area (Å²) < 4.78 is 0. The Morgan fingerprint density at radius 3 is 2.95 bits per heavy atom. The summed E-state index contributed by atoms with van der Waals surface area (Å²) in [6.07, 6.45) is 1.96. The van der Waals surface area contributed by atoms with Crippen LogP contribution >= 0.6 is 11.8 Å². The summed E-state index contributed by atoms with van der Waals surface area (Å²) in [5, 5.41) is 14.3. The number of rotatable bonds is 2. The second-order valence-electron chi connectivity index (χ2n) is 5.75. The Morgan fingerprint density at radius 1 is 1.36 bits per heavy atom. The van der Waals surface area contributed by atoms with Gasteiger partial charge in [-0.05, 0) is 37.1 Å². The van der Waals surface area contributed by atoms with Gasteiger partial charge in [-0.2, -0.15) is 11.8 Å². The average Bonchev–Trinajstić information content (AvgIpc) is 2.70. The molecule has 0 saturated carbocycles. The number of nitro groups is 1. The highest BCUT2D eigenvalue weighted by molar-refractivity contribution is 7.99. The fourth-order valence-corrected chi connectivity index (χ4v) is 4.07. The summed E-state index contributed by atoms with van der Waals surface area (Å²) >= 11 is 1.88. The van der Waals surface area contributed by atoms with Crippen molar-refractivity contribution in [3.05, 3.63) is 27.8 Å². The number of anilines is 2. The molecule has 1 aromatic carbocycles. The van der Waals surface area contributed by atoms with Gasteiger partial charge >= 0.3 is 0 Å². The second kappa shape index (κ2) is 6.16. The number of nitro benzene ring substituents is 1. The Kier molecular flexibility index (Phi) is 4.24. The number of carbonyl (C=O) groups is 1. The molecule has 118 valence electrons. The van der Waals surface area contributed by atoms with Crippen molar-refractivity contribution in [2.75, 3.05) is 28.3 Å². The van der Waals surface area contributed by atoms with Crippen molar-refractivity contribution >= 4 is 34.7 Å². The SMILES string of the molecule is CC1CCSCCN1c1cc2c(cc1[N+](=O)[O-])CCC(=O)N2. The van der Waals surface area contributed by atoms with Crippen LogP contribution in [0.2, 0.25) is 0 Å². The second-order valence-corrected chi connectivity index (χ2v) is 6.97. The number of amides is 1. The third-order valence-corrected chi connectivity index (χ3v) is 5.29. The van der Waals surface area contributed by atoms with E-state index in [4.69, 9.17) is 0 Å². The Hall–Kier alpha value is -1.76. The van der Waals surface area contributed by atoms with Crippen LogP contribution in [0.5, 0.6) is 0 Å². The lowest BCUT2D eigenvalue weighted by Gasteiger charge is -2.30. The predicted octanol–water partition coefficient (Wildman–Crippen LogP) is 2.81. The van der Waals surface area contributed by atoms with E-state index in [1.54, 1.807) is 12.1 Å². The van der Waals surface area contributed by atoms with Gasteiger partial charge in [0.25, 0.3) is 5.69 Å². The highest BCUT2D eigenvalue weighted by atomic mass is 32.2. The normalized spacial score (nSPS) is 21.8. The van der Waals surface area contributed by atoms with Gasteiger partial charge in [0.1, 0.15) is 5.69 Å². The van der Waals surface area contributed by atoms with Gasteiger partial charge in [0.15, 0.2) is 0 Å². The minimum Gasteiger partial charge on any atom is -0.362 e. The van der Waals surface area contributed by atoms with E-state index in [1.165, 1.54) is 0 Å².